The molecule has 64 heavy (non-hydrogen) atoms. The largest absolute Gasteiger partial charge is 0.0875 e. The fourth-order valence-electron chi connectivity index (χ4n) is 14.6. The second-order valence-corrected chi connectivity index (χ2v) is 31.3. The maximum absolute atomic E-state index is 2.79. The second-order valence-electron chi connectivity index (χ2n) is 22.1. The fourth-order valence-corrected chi connectivity index (χ4v) is 25.8. The smallest absolute Gasteiger partial charge is 0.0624 e. The predicted molar refractivity (Wildman–Crippen MR) is 287 cm³/mol. The first-order valence-electron chi connectivity index (χ1n) is 27.7. The molecule has 0 atom stereocenters. The van der Waals surface area contributed by atoms with Crippen LogP contribution in [0.3, 0.4) is 0 Å². The number of benzene rings is 6. The number of hydrogen-bond donors (Lipinski definition) is 0. The summed E-state index contributed by atoms with van der Waals surface area (Å²) in [5, 5.41) is 12.8. The summed E-state index contributed by atoms with van der Waals surface area (Å²) in [4.78, 5) is 0. The average Bonchev–Trinajstić information content (AvgIpc) is 3.33. The summed E-state index contributed by atoms with van der Waals surface area (Å²) in [5.74, 6) is 0. The van der Waals surface area contributed by atoms with E-state index in [4.69, 9.17) is 0 Å². The molecule has 0 amide bonds. The minimum absolute atomic E-state index is 1.24. The van der Waals surface area contributed by atoms with Crippen LogP contribution in [0.15, 0.2) is 84.9 Å². The van der Waals surface area contributed by atoms with E-state index in [1.807, 2.05) is 15.9 Å². The summed E-state index contributed by atoms with van der Waals surface area (Å²) < 4.78 is 0. The van der Waals surface area contributed by atoms with E-state index in [2.05, 4.69) is 84.9 Å². The molecule has 2 bridgehead atoms. The van der Waals surface area contributed by atoms with Crippen LogP contribution in [0.25, 0.3) is 43.4 Å². The molecule has 3 saturated heterocycles. The summed E-state index contributed by atoms with van der Waals surface area (Å²) in [6, 6.07) is 44.0. The van der Waals surface area contributed by atoms with E-state index in [9.17, 15) is 0 Å². The summed E-state index contributed by atoms with van der Waals surface area (Å²) in [5.41, 5.74) is 10.3. The van der Waals surface area contributed by atoms with Gasteiger partial charge in [-0.25, -0.2) is 0 Å². The summed E-state index contributed by atoms with van der Waals surface area (Å²) in [6.45, 7) is 0. The Hall–Kier alpha value is -3.21. The number of aryl methyl sites for hydroxylation is 3. The van der Waals surface area contributed by atoms with Crippen LogP contribution in [0.2, 0.25) is 36.3 Å². The van der Waals surface area contributed by atoms with Crippen LogP contribution < -0.4 is 10.4 Å². The SMILES string of the molecule is c1cc2c3c(c1)CCc1c([Si]45CCCCCCCCCC[Si](c6ccc7ccc8cccc9ccc6c7c89)(CCCCCCCCCC4)CCCCCCCCCC5)ccc(c1-3)CC2. The summed E-state index contributed by atoms with van der Waals surface area (Å²) >= 11 is 0. The van der Waals surface area contributed by atoms with Gasteiger partial charge in [-0.15, -0.1) is 0 Å². The highest BCUT2D eigenvalue weighted by molar-refractivity contribution is 6.93. The molecule has 0 radical (unpaired) electrons. The Labute approximate surface area is 391 Å². The lowest BCUT2D eigenvalue weighted by Crippen LogP contribution is -2.50. The molecule has 0 nitrogen and oxygen atoms in total. The molecule has 3 aliphatic heterocycles. The van der Waals surface area contributed by atoms with Crippen LogP contribution in [0.4, 0.5) is 0 Å². The van der Waals surface area contributed by atoms with Gasteiger partial charge < -0.3 is 0 Å². The van der Waals surface area contributed by atoms with E-state index >= 15 is 0 Å². The third-order valence-corrected chi connectivity index (χ3v) is 29.1. The van der Waals surface area contributed by atoms with Crippen molar-refractivity contribution in [2.45, 2.75) is 216 Å². The molecular weight excluding hydrogens is 801 g/mol. The van der Waals surface area contributed by atoms with Gasteiger partial charge in [-0.2, -0.15) is 0 Å². The maximum Gasteiger partial charge on any atom is 0.0875 e. The second kappa shape index (κ2) is 21.2. The van der Waals surface area contributed by atoms with Gasteiger partial charge in [0.25, 0.3) is 0 Å². The molecule has 11 rings (SSSR count). The van der Waals surface area contributed by atoms with E-state index in [0.29, 0.717) is 0 Å². The van der Waals surface area contributed by atoms with Crippen LogP contribution in [-0.2, 0) is 25.7 Å². The standard InChI is InChI=1S/C62H82Si2/c1-2-8-14-20-44-64(58-42-38-54-34-32-50-28-26-30-52-36-40-56(58)62(54)60(50)52)47-23-17-11-5-3-9-15-21-45-63(43-19-13-7-1,46-22-16-10-4-6-12-18-24-48-64)57-41-37-53-33-31-49-27-25-29-51-35-39-55(57)61(53)59(49)51/h25-31,33,35,37-39,41-42H,1-24,32,34,36,40,43-48H2. The van der Waals surface area contributed by atoms with E-state index < -0.39 is 16.1 Å². The van der Waals surface area contributed by atoms with Gasteiger partial charge in [0, 0.05) is 0 Å². The molecule has 0 N–H and O–H groups in total. The lowest BCUT2D eigenvalue weighted by molar-refractivity contribution is 0.567. The van der Waals surface area contributed by atoms with Crippen molar-refractivity contribution in [3.63, 3.8) is 0 Å². The van der Waals surface area contributed by atoms with Crippen molar-refractivity contribution in [3.05, 3.63) is 107 Å². The van der Waals surface area contributed by atoms with E-state index in [1.165, 1.54) is 219 Å². The minimum Gasteiger partial charge on any atom is -0.0624 e. The molecule has 0 saturated carbocycles. The quantitative estimate of drug-likeness (QED) is 0.120. The Balaban J connectivity index is 0.923. The van der Waals surface area contributed by atoms with Gasteiger partial charge in [0.05, 0.1) is 16.1 Å². The van der Waals surface area contributed by atoms with E-state index in [0.717, 1.165) is 0 Å². The monoisotopic (exact) mass is 883 g/mol. The molecule has 3 heterocycles. The van der Waals surface area contributed by atoms with Crippen molar-refractivity contribution in [1.82, 2.24) is 0 Å². The molecule has 6 aromatic rings. The molecule has 2 heteroatoms. The zero-order chi connectivity index (χ0) is 43.0. The van der Waals surface area contributed by atoms with Gasteiger partial charge in [0.15, 0.2) is 0 Å². The van der Waals surface area contributed by atoms with Gasteiger partial charge in [-0.3, -0.25) is 0 Å². The molecule has 0 spiro atoms. The molecule has 0 aromatic heterocycles. The van der Waals surface area contributed by atoms with Gasteiger partial charge in [0.1, 0.15) is 0 Å². The van der Waals surface area contributed by atoms with Crippen molar-refractivity contribution >= 4 is 58.8 Å². The Morgan fingerprint density at radius 1 is 0.266 bits per heavy atom. The average molecular weight is 884 g/mol. The molecular formula is C62H82Si2. The predicted octanol–water partition coefficient (Wildman–Crippen LogP) is 17.8. The third-order valence-electron chi connectivity index (χ3n) is 18.0. The highest BCUT2D eigenvalue weighted by Gasteiger charge is 2.39. The van der Waals surface area contributed by atoms with Crippen LogP contribution in [0.5, 0.6) is 0 Å². The minimum atomic E-state index is -1.76. The normalized spacial score (nSPS) is 24.4. The zero-order valence-corrected chi connectivity index (χ0v) is 42.1. The molecule has 5 aliphatic rings. The number of hydrogen-bond acceptors (Lipinski definition) is 0. The molecule has 3 fully saturated rings. The fraction of sp³-hybridized carbons (Fsp3) is 0.548. The van der Waals surface area contributed by atoms with Crippen molar-refractivity contribution in [2.24, 2.45) is 0 Å². The molecule has 338 valence electrons. The van der Waals surface area contributed by atoms with Gasteiger partial charge in [-0.1, -0.05) is 286 Å². The first kappa shape index (κ1) is 44.6. The third kappa shape index (κ3) is 9.50. The highest BCUT2D eigenvalue weighted by atomic mass is 28.3. The Morgan fingerprint density at radius 3 is 1.12 bits per heavy atom. The van der Waals surface area contributed by atoms with Crippen LogP contribution in [0, 0.1) is 0 Å². The first-order valence-corrected chi connectivity index (χ1v) is 32.9. The molecule has 2 aliphatic carbocycles. The number of rotatable bonds is 2. The Morgan fingerprint density at radius 2 is 0.625 bits per heavy atom. The summed E-state index contributed by atoms with van der Waals surface area (Å²) in [6.07, 6.45) is 40.0. The summed E-state index contributed by atoms with van der Waals surface area (Å²) in [7, 11) is -3.45. The van der Waals surface area contributed by atoms with E-state index in [-0.39, 0.29) is 0 Å². The van der Waals surface area contributed by atoms with Crippen LogP contribution in [0.1, 0.15) is 176 Å². The van der Waals surface area contributed by atoms with Crippen molar-refractivity contribution in [1.29, 1.82) is 0 Å². The van der Waals surface area contributed by atoms with Crippen molar-refractivity contribution in [2.75, 3.05) is 0 Å². The van der Waals surface area contributed by atoms with Crippen LogP contribution >= 0.6 is 0 Å². The van der Waals surface area contributed by atoms with Crippen molar-refractivity contribution < 1.29 is 0 Å². The maximum atomic E-state index is 2.79. The molecule has 6 aromatic carbocycles. The highest BCUT2D eigenvalue weighted by Crippen LogP contribution is 2.44. The Kier molecular flexibility index (Phi) is 14.8. The Bertz CT molecular complexity index is 2360. The lowest BCUT2D eigenvalue weighted by Gasteiger charge is -2.39. The van der Waals surface area contributed by atoms with Crippen molar-refractivity contribution in [3.8, 4) is 11.1 Å². The zero-order valence-electron chi connectivity index (χ0n) is 40.1. The lowest BCUT2D eigenvalue weighted by atomic mass is 9.75. The molecule has 0 unspecified atom stereocenters. The van der Waals surface area contributed by atoms with Gasteiger partial charge in [-0.05, 0) is 91.4 Å². The van der Waals surface area contributed by atoms with Crippen LogP contribution in [-0.4, -0.2) is 16.1 Å². The topological polar surface area (TPSA) is 0 Å². The van der Waals surface area contributed by atoms with Gasteiger partial charge >= 0.3 is 0 Å². The first-order chi connectivity index (χ1) is 31.7. The number of fused-ring (bicyclic) bond motifs is 27. The van der Waals surface area contributed by atoms with E-state index in [1.54, 1.807) is 56.7 Å². The van der Waals surface area contributed by atoms with Gasteiger partial charge in [0.2, 0.25) is 0 Å².